The summed E-state index contributed by atoms with van der Waals surface area (Å²) in [6.45, 7) is 0.124. The van der Waals surface area contributed by atoms with E-state index in [2.05, 4.69) is 0 Å². The van der Waals surface area contributed by atoms with Gasteiger partial charge in [-0.2, -0.15) is 0 Å². The van der Waals surface area contributed by atoms with Gasteiger partial charge in [0.25, 0.3) is 0 Å². The number of nitrogens with zero attached hydrogens (tertiary/aromatic N) is 1. The van der Waals surface area contributed by atoms with E-state index < -0.39 is 4.92 Å². The molecule has 0 atom stereocenters. The number of ether oxygens (including phenoxy) is 3. The fourth-order valence-corrected chi connectivity index (χ4v) is 3.33. The molecule has 0 spiro atoms. The van der Waals surface area contributed by atoms with E-state index in [1.165, 1.54) is 7.11 Å². The van der Waals surface area contributed by atoms with Crippen LogP contribution in [0.5, 0.6) is 17.2 Å². The van der Waals surface area contributed by atoms with Crippen molar-refractivity contribution in [2.45, 2.75) is 12.8 Å². The largest absolute Gasteiger partial charge is 0.493 e. The molecule has 4 rings (SSSR count). The minimum Gasteiger partial charge on any atom is -0.493 e. The minimum absolute atomic E-state index is 0.102. The van der Waals surface area contributed by atoms with E-state index in [1.807, 2.05) is 6.07 Å². The Morgan fingerprint density at radius 2 is 2.04 bits per heavy atom. The third-order valence-corrected chi connectivity index (χ3v) is 4.69. The van der Waals surface area contributed by atoms with Crippen molar-refractivity contribution in [2.24, 2.45) is 0 Å². The van der Waals surface area contributed by atoms with Crippen molar-refractivity contribution in [2.75, 3.05) is 19.8 Å². The predicted octanol–water partition coefficient (Wildman–Crippen LogP) is 4.92. The number of nitro groups is 1. The minimum atomic E-state index is -0.434. The quantitative estimate of drug-likeness (QED) is 0.338. The Morgan fingerprint density at radius 3 is 2.78 bits per heavy atom. The Hall–Kier alpha value is -2.93. The highest BCUT2D eigenvalue weighted by Gasteiger charge is 2.29. The van der Waals surface area contributed by atoms with E-state index >= 15 is 0 Å². The van der Waals surface area contributed by atoms with Crippen molar-refractivity contribution >= 4 is 28.3 Å². The lowest BCUT2D eigenvalue weighted by atomic mass is 10.0. The molecule has 0 fully saturated rings. The number of benzene rings is 2. The molecule has 3 aromatic rings. The van der Waals surface area contributed by atoms with Crippen LogP contribution in [0.1, 0.15) is 12.0 Å². The van der Waals surface area contributed by atoms with Crippen molar-refractivity contribution in [3.63, 3.8) is 0 Å². The summed E-state index contributed by atoms with van der Waals surface area (Å²) < 4.78 is 22.0. The van der Waals surface area contributed by atoms with Crippen molar-refractivity contribution < 1.29 is 23.6 Å². The zero-order valence-electron chi connectivity index (χ0n) is 14.5. The molecule has 0 amide bonds. The lowest BCUT2D eigenvalue weighted by Crippen LogP contribution is -1.93. The molecule has 7 nitrogen and oxygen atoms in total. The maximum atomic E-state index is 11.9. The number of fused-ring (bicyclic) bond motifs is 2. The standard InChI is InChI=1S/C19H16ClNO6/c1-24-16-8-11(3-2-6-20)7-13-17(21(22)23)18(27-19(13)16)12-4-5-14-15(9-12)26-10-25-14/h4-5,7-9H,2-3,6,10H2,1H3. The first-order valence-electron chi connectivity index (χ1n) is 8.36. The van der Waals surface area contributed by atoms with Crippen LogP contribution < -0.4 is 14.2 Å². The number of hydrogen-bond donors (Lipinski definition) is 0. The summed E-state index contributed by atoms with van der Waals surface area (Å²) in [7, 11) is 1.51. The molecule has 0 saturated carbocycles. The number of rotatable bonds is 6. The van der Waals surface area contributed by atoms with Crippen LogP contribution >= 0.6 is 11.6 Å². The molecule has 0 unspecified atom stereocenters. The predicted molar refractivity (Wildman–Crippen MR) is 100 cm³/mol. The second kappa shape index (κ2) is 7.00. The summed E-state index contributed by atoms with van der Waals surface area (Å²) in [6, 6.07) is 8.68. The van der Waals surface area contributed by atoms with Crippen LogP contribution in [-0.4, -0.2) is 24.7 Å². The first-order chi connectivity index (χ1) is 13.1. The Labute approximate surface area is 159 Å². The Morgan fingerprint density at radius 1 is 1.22 bits per heavy atom. The molecule has 140 valence electrons. The SMILES string of the molecule is COc1cc(CCCCl)cc2c([N+](=O)[O-])c(-c3ccc4c(c3)OCO4)oc12. The number of hydrogen-bond acceptors (Lipinski definition) is 6. The summed E-state index contributed by atoms with van der Waals surface area (Å²) in [5.41, 5.74) is 1.68. The molecule has 0 bridgehead atoms. The molecule has 1 aromatic heterocycles. The van der Waals surface area contributed by atoms with Gasteiger partial charge in [-0.05, 0) is 48.7 Å². The van der Waals surface area contributed by atoms with Gasteiger partial charge < -0.3 is 18.6 Å². The monoisotopic (exact) mass is 389 g/mol. The number of aryl methyl sites for hydroxylation is 1. The molecule has 8 heteroatoms. The summed E-state index contributed by atoms with van der Waals surface area (Å²) in [6.07, 6.45) is 1.45. The first kappa shape index (κ1) is 17.5. The number of methoxy groups -OCH3 is 1. The van der Waals surface area contributed by atoms with Crippen LogP contribution in [0.25, 0.3) is 22.3 Å². The Kier molecular flexibility index (Phi) is 4.53. The zero-order chi connectivity index (χ0) is 19.0. The van der Waals surface area contributed by atoms with E-state index in [0.717, 1.165) is 12.0 Å². The molecule has 2 aromatic carbocycles. The maximum Gasteiger partial charge on any atom is 0.323 e. The normalized spacial score (nSPS) is 12.5. The van der Waals surface area contributed by atoms with Crippen molar-refractivity contribution in [3.8, 4) is 28.6 Å². The Bertz CT molecular complexity index is 1030. The molecule has 0 aliphatic carbocycles. The lowest BCUT2D eigenvalue weighted by Gasteiger charge is -2.04. The molecule has 0 N–H and O–H groups in total. The third-order valence-electron chi connectivity index (χ3n) is 4.43. The molecule has 0 saturated heterocycles. The molecule has 2 heterocycles. The summed E-state index contributed by atoms with van der Waals surface area (Å²) >= 11 is 5.78. The van der Waals surface area contributed by atoms with Crippen molar-refractivity contribution in [3.05, 3.63) is 46.0 Å². The van der Waals surface area contributed by atoms with Gasteiger partial charge in [-0.1, -0.05) is 0 Å². The second-order valence-electron chi connectivity index (χ2n) is 6.07. The number of alkyl halides is 1. The number of halogens is 1. The maximum absolute atomic E-state index is 11.9. The van der Waals surface area contributed by atoms with Gasteiger partial charge in [0.05, 0.1) is 12.0 Å². The molecule has 1 aliphatic heterocycles. The van der Waals surface area contributed by atoms with Crippen LogP contribution in [0.3, 0.4) is 0 Å². The van der Waals surface area contributed by atoms with Gasteiger partial charge in [0.15, 0.2) is 22.8 Å². The van der Waals surface area contributed by atoms with E-state index in [4.69, 9.17) is 30.2 Å². The van der Waals surface area contributed by atoms with E-state index in [9.17, 15) is 10.1 Å². The zero-order valence-corrected chi connectivity index (χ0v) is 15.2. The molecular formula is C19H16ClNO6. The molecule has 0 radical (unpaired) electrons. The van der Waals surface area contributed by atoms with Gasteiger partial charge in [-0.25, -0.2) is 0 Å². The van der Waals surface area contributed by atoms with Gasteiger partial charge >= 0.3 is 5.69 Å². The van der Waals surface area contributed by atoms with Crippen LogP contribution in [0, 0.1) is 10.1 Å². The molecular weight excluding hydrogens is 374 g/mol. The molecule has 1 aliphatic rings. The first-order valence-corrected chi connectivity index (χ1v) is 8.89. The topological polar surface area (TPSA) is 84.0 Å². The third kappa shape index (κ3) is 3.04. The van der Waals surface area contributed by atoms with Gasteiger partial charge in [-0.15, -0.1) is 11.6 Å². The van der Waals surface area contributed by atoms with Crippen LogP contribution in [0.4, 0.5) is 5.69 Å². The van der Waals surface area contributed by atoms with Crippen LogP contribution in [-0.2, 0) is 6.42 Å². The highest BCUT2D eigenvalue weighted by molar-refractivity contribution is 6.17. The fourth-order valence-electron chi connectivity index (χ4n) is 3.19. The highest BCUT2D eigenvalue weighted by Crippen LogP contribution is 2.45. The van der Waals surface area contributed by atoms with Crippen molar-refractivity contribution in [1.29, 1.82) is 0 Å². The fraction of sp³-hybridized carbons (Fsp3) is 0.263. The molecule has 27 heavy (non-hydrogen) atoms. The van der Waals surface area contributed by atoms with E-state index in [-0.39, 0.29) is 18.2 Å². The lowest BCUT2D eigenvalue weighted by molar-refractivity contribution is -0.382. The Balaban J connectivity index is 1.92. The number of furan rings is 1. The highest BCUT2D eigenvalue weighted by atomic mass is 35.5. The summed E-state index contributed by atoms with van der Waals surface area (Å²) in [5, 5.41) is 12.3. The van der Waals surface area contributed by atoms with Gasteiger partial charge in [0, 0.05) is 11.4 Å². The van der Waals surface area contributed by atoms with E-state index in [1.54, 1.807) is 24.3 Å². The van der Waals surface area contributed by atoms with Gasteiger partial charge in [0.1, 0.15) is 5.39 Å². The van der Waals surface area contributed by atoms with Crippen LogP contribution in [0.2, 0.25) is 0 Å². The van der Waals surface area contributed by atoms with E-state index in [0.29, 0.717) is 46.1 Å². The van der Waals surface area contributed by atoms with Crippen molar-refractivity contribution in [1.82, 2.24) is 0 Å². The van der Waals surface area contributed by atoms with Crippen LogP contribution in [0.15, 0.2) is 34.7 Å². The summed E-state index contributed by atoms with van der Waals surface area (Å²) in [4.78, 5) is 11.4. The smallest absolute Gasteiger partial charge is 0.323 e. The summed E-state index contributed by atoms with van der Waals surface area (Å²) in [5.74, 6) is 2.24. The van der Waals surface area contributed by atoms with Gasteiger partial charge in [0.2, 0.25) is 12.6 Å². The van der Waals surface area contributed by atoms with Gasteiger partial charge in [-0.3, -0.25) is 10.1 Å². The second-order valence-corrected chi connectivity index (χ2v) is 6.45. The average molecular weight is 390 g/mol. The average Bonchev–Trinajstić information content (AvgIpc) is 3.29.